The van der Waals surface area contributed by atoms with E-state index in [1.807, 2.05) is 0 Å². The van der Waals surface area contributed by atoms with Crippen molar-refractivity contribution in [2.45, 2.75) is 71.1 Å². The minimum Gasteiger partial charge on any atom is -0.481 e. The summed E-state index contributed by atoms with van der Waals surface area (Å²) in [5.74, 6) is -7.79. The molecule has 0 saturated heterocycles. The fourth-order valence-corrected chi connectivity index (χ4v) is 2.90. The van der Waals surface area contributed by atoms with E-state index in [1.54, 1.807) is 27.7 Å². The Kier molecular flexibility index (Phi) is 13.7. The molecular formula is C21H36N6O9. The van der Waals surface area contributed by atoms with E-state index in [2.05, 4.69) is 21.3 Å². The highest BCUT2D eigenvalue weighted by Gasteiger charge is 2.33. The van der Waals surface area contributed by atoms with Crippen LogP contribution < -0.4 is 32.7 Å². The number of hydrogen-bond acceptors (Lipinski definition) is 8. The molecule has 0 spiro atoms. The zero-order valence-corrected chi connectivity index (χ0v) is 20.7. The van der Waals surface area contributed by atoms with E-state index in [0.29, 0.717) is 0 Å². The number of rotatable bonds is 16. The van der Waals surface area contributed by atoms with Crippen molar-refractivity contribution in [3.63, 3.8) is 0 Å². The summed E-state index contributed by atoms with van der Waals surface area (Å²) in [5.41, 5.74) is 10.6. The van der Waals surface area contributed by atoms with E-state index in [1.165, 1.54) is 0 Å². The molecule has 4 atom stereocenters. The lowest BCUT2D eigenvalue weighted by atomic mass is 9.99. The molecule has 15 nitrogen and oxygen atoms in total. The van der Waals surface area contributed by atoms with Crippen molar-refractivity contribution < 1.29 is 43.8 Å². The second kappa shape index (κ2) is 15.3. The van der Waals surface area contributed by atoms with Gasteiger partial charge in [0.1, 0.15) is 18.1 Å². The molecule has 0 saturated carbocycles. The molecule has 0 fully saturated rings. The van der Waals surface area contributed by atoms with E-state index < -0.39 is 90.4 Å². The van der Waals surface area contributed by atoms with Crippen LogP contribution >= 0.6 is 0 Å². The zero-order valence-electron chi connectivity index (χ0n) is 20.7. The predicted molar refractivity (Wildman–Crippen MR) is 125 cm³/mol. The van der Waals surface area contributed by atoms with E-state index in [0.717, 1.165) is 0 Å². The third-order valence-corrected chi connectivity index (χ3v) is 4.97. The minimum atomic E-state index is -1.61. The summed E-state index contributed by atoms with van der Waals surface area (Å²) in [7, 11) is 0. The summed E-state index contributed by atoms with van der Waals surface area (Å²) in [6.45, 7) is 5.69. The van der Waals surface area contributed by atoms with Crippen LogP contribution in [-0.2, 0) is 33.6 Å². The largest absolute Gasteiger partial charge is 0.481 e. The third kappa shape index (κ3) is 12.1. The molecule has 0 aliphatic carbocycles. The van der Waals surface area contributed by atoms with Gasteiger partial charge in [0.2, 0.25) is 29.5 Å². The molecule has 0 radical (unpaired) electrons. The number of aliphatic carboxylic acids is 2. The first-order valence-electron chi connectivity index (χ1n) is 11.2. The summed E-state index contributed by atoms with van der Waals surface area (Å²) in [4.78, 5) is 82.9. The molecule has 0 unspecified atom stereocenters. The van der Waals surface area contributed by atoms with Crippen LogP contribution in [-0.4, -0.2) is 82.4 Å². The van der Waals surface area contributed by atoms with Gasteiger partial charge < -0.3 is 42.9 Å². The number of carbonyl (C=O) groups excluding carboxylic acids is 5. The van der Waals surface area contributed by atoms with Crippen LogP contribution in [0.5, 0.6) is 0 Å². The number of amides is 5. The first-order chi connectivity index (χ1) is 16.6. The molecule has 0 bridgehead atoms. The molecule has 0 aliphatic rings. The third-order valence-electron chi connectivity index (χ3n) is 4.97. The summed E-state index contributed by atoms with van der Waals surface area (Å²) in [6, 6.07) is -5.17. The van der Waals surface area contributed by atoms with Crippen LogP contribution in [0.25, 0.3) is 0 Å². The second-order valence-electron chi connectivity index (χ2n) is 8.85. The van der Waals surface area contributed by atoms with E-state index in [-0.39, 0.29) is 12.8 Å². The Hall–Kier alpha value is -3.75. The van der Waals surface area contributed by atoms with Gasteiger partial charge in [-0.2, -0.15) is 0 Å². The van der Waals surface area contributed by atoms with Crippen molar-refractivity contribution in [2.75, 3.05) is 6.54 Å². The topological polar surface area (TPSA) is 260 Å². The Morgan fingerprint density at radius 1 is 0.778 bits per heavy atom. The average molecular weight is 517 g/mol. The van der Waals surface area contributed by atoms with Gasteiger partial charge in [0, 0.05) is 6.42 Å². The highest BCUT2D eigenvalue weighted by atomic mass is 16.4. The Bertz CT molecular complexity index is 846. The Labute approximate surface area is 208 Å². The second-order valence-corrected chi connectivity index (χ2v) is 8.85. The summed E-state index contributed by atoms with van der Waals surface area (Å²) >= 11 is 0. The van der Waals surface area contributed by atoms with Gasteiger partial charge in [0.25, 0.3) is 0 Å². The van der Waals surface area contributed by atoms with E-state index >= 15 is 0 Å². The van der Waals surface area contributed by atoms with Crippen molar-refractivity contribution >= 4 is 41.5 Å². The quantitative estimate of drug-likeness (QED) is 0.103. The summed E-state index contributed by atoms with van der Waals surface area (Å²) in [5, 5.41) is 27.5. The Balaban J connectivity index is 5.26. The lowest BCUT2D eigenvalue weighted by Gasteiger charge is -2.27. The van der Waals surface area contributed by atoms with E-state index in [4.69, 9.17) is 16.6 Å². The maximum atomic E-state index is 12.7. The fourth-order valence-electron chi connectivity index (χ4n) is 2.90. The molecule has 0 heterocycles. The van der Waals surface area contributed by atoms with Gasteiger partial charge in [-0.3, -0.25) is 28.8 Å². The Morgan fingerprint density at radius 2 is 1.31 bits per heavy atom. The van der Waals surface area contributed by atoms with Crippen molar-refractivity contribution in [3.8, 4) is 0 Å². The number of carbonyl (C=O) groups is 7. The van der Waals surface area contributed by atoms with Crippen molar-refractivity contribution in [1.29, 1.82) is 0 Å². The number of carboxylic acids is 2. The number of nitrogens with two attached hydrogens (primary N) is 2. The van der Waals surface area contributed by atoms with Crippen molar-refractivity contribution in [1.82, 2.24) is 21.3 Å². The zero-order chi connectivity index (χ0) is 28.2. The van der Waals surface area contributed by atoms with Crippen LogP contribution in [0.3, 0.4) is 0 Å². The molecule has 0 aromatic carbocycles. The number of primary amides is 1. The van der Waals surface area contributed by atoms with E-state index in [9.17, 15) is 38.7 Å². The van der Waals surface area contributed by atoms with Gasteiger partial charge in [-0.25, -0.2) is 4.79 Å². The van der Waals surface area contributed by atoms with Crippen LogP contribution in [0.15, 0.2) is 0 Å². The van der Waals surface area contributed by atoms with Gasteiger partial charge in [0.05, 0.1) is 19.0 Å². The molecule has 5 amide bonds. The number of hydrogen-bond donors (Lipinski definition) is 8. The molecular weight excluding hydrogens is 480 g/mol. The smallest absolute Gasteiger partial charge is 0.326 e. The molecule has 204 valence electrons. The highest BCUT2D eigenvalue weighted by molar-refractivity contribution is 5.96. The number of nitrogens with one attached hydrogen (secondary N) is 4. The van der Waals surface area contributed by atoms with Crippen molar-refractivity contribution in [3.05, 3.63) is 0 Å². The van der Waals surface area contributed by atoms with Gasteiger partial charge in [-0.05, 0) is 18.3 Å². The first kappa shape index (κ1) is 32.2. The monoisotopic (exact) mass is 516 g/mol. The molecule has 0 aromatic heterocycles. The van der Waals surface area contributed by atoms with Crippen molar-refractivity contribution in [2.24, 2.45) is 23.3 Å². The molecule has 0 aromatic rings. The Morgan fingerprint density at radius 3 is 1.75 bits per heavy atom. The average Bonchev–Trinajstić information content (AvgIpc) is 2.75. The van der Waals surface area contributed by atoms with Gasteiger partial charge >= 0.3 is 11.9 Å². The fraction of sp³-hybridized carbons (Fsp3) is 0.667. The highest BCUT2D eigenvalue weighted by Crippen LogP contribution is 2.07. The lowest BCUT2D eigenvalue weighted by Crippen LogP contribution is -2.58. The van der Waals surface area contributed by atoms with Gasteiger partial charge in [-0.1, -0.05) is 27.7 Å². The number of carboxylic acid groups (broad SMARTS) is 2. The van der Waals surface area contributed by atoms with Crippen LogP contribution in [0.4, 0.5) is 0 Å². The molecule has 0 aliphatic heterocycles. The molecule has 15 heteroatoms. The molecule has 0 rings (SSSR count). The van der Waals surface area contributed by atoms with Crippen LogP contribution in [0.2, 0.25) is 0 Å². The normalized spacial score (nSPS) is 14.2. The standard InChI is InChI=1S/C21H36N6O9/c1-9(2)16(20(34)27-17(10(3)4)21(35)36)26-19(33)12(7-15(30)31)25-14(29)8-24-18(32)11(22)5-6-13(23)28/h9-12,16-17H,5-8,22H2,1-4H3,(H2,23,28)(H,24,32)(H,25,29)(H,26,33)(H,27,34)(H,30,31)(H,35,36)/t11-,12-,16-,17-/m0/s1. The lowest BCUT2D eigenvalue weighted by molar-refractivity contribution is -0.144. The maximum absolute atomic E-state index is 12.7. The summed E-state index contributed by atoms with van der Waals surface area (Å²) in [6.07, 6.45) is -1.03. The molecule has 36 heavy (non-hydrogen) atoms. The van der Waals surface area contributed by atoms with Gasteiger partial charge in [0.15, 0.2) is 0 Å². The van der Waals surface area contributed by atoms with Gasteiger partial charge in [-0.15, -0.1) is 0 Å². The first-order valence-corrected chi connectivity index (χ1v) is 11.2. The maximum Gasteiger partial charge on any atom is 0.326 e. The molecule has 10 N–H and O–H groups in total. The summed E-state index contributed by atoms with van der Waals surface area (Å²) < 4.78 is 0. The predicted octanol–water partition coefficient (Wildman–Crippen LogP) is -2.98. The van der Waals surface area contributed by atoms with Crippen LogP contribution in [0, 0.1) is 11.8 Å². The minimum absolute atomic E-state index is 0.0506. The SMILES string of the molecule is CC(C)[C@H](NC(=O)[C@@H](NC(=O)[C@H](CC(=O)O)NC(=O)CNC(=O)[C@@H](N)CCC(N)=O)C(C)C)C(=O)O. The van der Waals surface area contributed by atoms with Crippen LogP contribution in [0.1, 0.15) is 47.0 Å².